The van der Waals surface area contributed by atoms with Crippen LogP contribution in [0.15, 0.2) is 42.5 Å². The molecule has 1 aliphatic rings. The van der Waals surface area contributed by atoms with E-state index in [0.29, 0.717) is 5.57 Å². The van der Waals surface area contributed by atoms with Crippen molar-refractivity contribution in [3.63, 3.8) is 0 Å². The van der Waals surface area contributed by atoms with Crippen molar-refractivity contribution in [1.82, 2.24) is 0 Å². The fraction of sp³-hybridized carbons (Fsp3) is 0.571. The van der Waals surface area contributed by atoms with Crippen LogP contribution in [0.4, 0.5) is 0 Å². The Labute approximate surface area is 153 Å². The van der Waals surface area contributed by atoms with Gasteiger partial charge in [0.2, 0.25) is 0 Å². The SMILES string of the molecule is C=C1C(=O)O[C@@H](c2ccccc2)[C@@H]1CC[C@H](C)O[Si](CC)(CC)CC. The van der Waals surface area contributed by atoms with Gasteiger partial charge in [-0.2, -0.15) is 0 Å². The van der Waals surface area contributed by atoms with Gasteiger partial charge < -0.3 is 9.16 Å². The molecule has 1 heterocycles. The smallest absolute Gasteiger partial charge is 0.334 e. The average Bonchev–Trinajstić information content (AvgIpc) is 2.93. The maximum absolute atomic E-state index is 12.0. The number of carbonyl (C=O) groups excluding carboxylic acids is 1. The van der Waals surface area contributed by atoms with Gasteiger partial charge in [0, 0.05) is 17.6 Å². The molecule has 0 unspecified atom stereocenters. The highest BCUT2D eigenvalue weighted by atomic mass is 28.4. The third-order valence-electron chi connectivity index (χ3n) is 5.71. The number of esters is 1. The van der Waals surface area contributed by atoms with E-state index >= 15 is 0 Å². The molecule has 138 valence electrons. The Hall–Kier alpha value is -1.39. The number of benzene rings is 1. The van der Waals surface area contributed by atoms with Gasteiger partial charge in [0.05, 0.1) is 0 Å². The van der Waals surface area contributed by atoms with Crippen molar-refractivity contribution < 1.29 is 14.0 Å². The first-order valence-electron chi connectivity index (χ1n) is 9.58. The molecule has 25 heavy (non-hydrogen) atoms. The maximum Gasteiger partial charge on any atom is 0.334 e. The molecular weight excluding hydrogens is 328 g/mol. The van der Waals surface area contributed by atoms with Crippen molar-refractivity contribution >= 4 is 14.3 Å². The van der Waals surface area contributed by atoms with Gasteiger partial charge in [0.15, 0.2) is 8.32 Å². The number of hydrogen-bond donors (Lipinski definition) is 0. The second-order valence-electron chi connectivity index (χ2n) is 7.12. The molecule has 1 aliphatic heterocycles. The molecule has 3 nitrogen and oxygen atoms in total. The van der Waals surface area contributed by atoms with Gasteiger partial charge in [-0.25, -0.2) is 4.79 Å². The van der Waals surface area contributed by atoms with Gasteiger partial charge >= 0.3 is 5.97 Å². The van der Waals surface area contributed by atoms with Crippen molar-refractivity contribution in [3.05, 3.63) is 48.0 Å². The molecule has 1 fully saturated rings. The summed E-state index contributed by atoms with van der Waals surface area (Å²) in [6.07, 6.45) is 1.80. The molecule has 3 atom stereocenters. The molecule has 1 saturated heterocycles. The van der Waals surface area contributed by atoms with Crippen LogP contribution in [0.1, 0.15) is 52.2 Å². The van der Waals surface area contributed by atoms with E-state index < -0.39 is 8.32 Å². The monoisotopic (exact) mass is 360 g/mol. The number of rotatable bonds is 9. The van der Waals surface area contributed by atoms with Crippen LogP contribution in [0.25, 0.3) is 0 Å². The largest absolute Gasteiger partial charge is 0.453 e. The van der Waals surface area contributed by atoms with E-state index in [1.807, 2.05) is 30.3 Å². The summed E-state index contributed by atoms with van der Waals surface area (Å²) in [4.78, 5) is 12.0. The zero-order valence-corrected chi connectivity index (χ0v) is 17.1. The molecule has 0 bridgehead atoms. The highest BCUT2D eigenvalue weighted by Crippen LogP contribution is 2.41. The predicted molar refractivity (Wildman–Crippen MR) is 105 cm³/mol. The van der Waals surface area contributed by atoms with Crippen LogP contribution in [0, 0.1) is 5.92 Å². The highest BCUT2D eigenvalue weighted by molar-refractivity contribution is 6.73. The number of carbonyl (C=O) groups is 1. The Morgan fingerprint density at radius 2 is 1.76 bits per heavy atom. The molecule has 1 aromatic rings. The number of hydrogen-bond acceptors (Lipinski definition) is 3. The van der Waals surface area contributed by atoms with Crippen molar-refractivity contribution in [2.24, 2.45) is 5.92 Å². The topological polar surface area (TPSA) is 35.5 Å². The van der Waals surface area contributed by atoms with Crippen LogP contribution in [-0.4, -0.2) is 20.4 Å². The van der Waals surface area contributed by atoms with Crippen molar-refractivity contribution in [2.45, 2.75) is 70.9 Å². The van der Waals surface area contributed by atoms with E-state index in [2.05, 4.69) is 34.3 Å². The van der Waals surface area contributed by atoms with Crippen LogP contribution in [0.2, 0.25) is 18.1 Å². The van der Waals surface area contributed by atoms with Gasteiger partial charge in [0.1, 0.15) is 6.10 Å². The standard InChI is InChI=1S/C21H32O3Si/c1-6-25(7-2,8-3)24-16(4)14-15-19-17(5)21(22)23-20(19)18-12-10-9-11-13-18/h9-13,16,19-20H,5-8,14-15H2,1-4H3/t16-,19+,20-/m0/s1. The maximum atomic E-state index is 12.0. The molecule has 2 rings (SSSR count). The molecule has 0 amide bonds. The van der Waals surface area contributed by atoms with Crippen LogP contribution in [0.5, 0.6) is 0 Å². The Bertz CT molecular complexity index is 572. The van der Waals surface area contributed by atoms with E-state index in [1.54, 1.807) is 0 Å². The van der Waals surface area contributed by atoms with Crippen LogP contribution in [0.3, 0.4) is 0 Å². The summed E-state index contributed by atoms with van der Waals surface area (Å²) in [5.74, 6) is -0.214. The molecule has 0 saturated carbocycles. The van der Waals surface area contributed by atoms with Crippen LogP contribution >= 0.6 is 0 Å². The summed E-state index contributed by atoms with van der Waals surface area (Å²) in [7, 11) is -1.59. The van der Waals surface area contributed by atoms with E-state index in [4.69, 9.17) is 9.16 Å². The summed E-state index contributed by atoms with van der Waals surface area (Å²) in [6, 6.07) is 13.5. The van der Waals surface area contributed by atoms with E-state index in [9.17, 15) is 4.79 Å². The lowest BCUT2D eigenvalue weighted by Gasteiger charge is -2.32. The lowest BCUT2D eigenvalue weighted by Crippen LogP contribution is -2.39. The molecule has 0 radical (unpaired) electrons. The average molecular weight is 361 g/mol. The predicted octanol–water partition coefficient (Wildman–Crippen LogP) is 5.65. The fourth-order valence-electron chi connectivity index (χ4n) is 3.78. The molecule has 4 heteroatoms. The minimum Gasteiger partial charge on any atom is -0.453 e. The Morgan fingerprint density at radius 3 is 2.32 bits per heavy atom. The summed E-state index contributed by atoms with van der Waals surface area (Å²) in [5.41, 5.74) is 1.65. The van der Waals surface area contributed by atoms with E-state index in [-0.39, 0.29) is 24.1 Å². The normalized spacial score (nSPS) is 22.1. The summed E-state index contributed by atoms with van der Waals surface area (Å²) in [5, 5.41) is 0. The van der Waals surface area contributed by atoms with E-state index in [1.165, 1.54) is 0 Å². The minimum absolute atomic E-state index is 0.0434. The van der Waals surface area contributed by atoms with Crippen molar-refractivity contribution in [3.8, 4) is 0 Å². The summed E-state index contributed by atoms with van der Waals surface area (Å²) in [6.45, 7) is 12.9. The zero-order valence-electron chi connectivity index (χ0n) is 16.1. The molecule has 0 aliphatic carbocycles. The second kappa shape index (κ2) is 8.81. The molecule has 0 spiro atoms. The van der Waals surface area contributed by atoms with Crippen LogP contribution < -0.4 is 0 Å². The molecular formula is C21H32O3Si. The zero-order chi connectivity index (χ0) is 18.4. The lowest BCUT2D eigenvalue weighted by molar-refractivity contribution is -0.139. The quantitative estimate of drug-likeness (QED) is 0.324. The number of cyclic esters (lactones) is 1. The third-order valence-corrected chi connectivity index (χ3v) is 10.5. The highest BCUT2D eigenvalue weighted by Gasteiger charge is 2.39. The lowest BCUT2D eigenvalue weighted by atomic mass is 9.88. The minimum atomic E-state index is -1.59. The Kier molecular flexibility index (Phi) is 7.02. The first-order chi connectivity index (χ1) is 12.0. The Morgan fingerprint density at radius 1 is 1.16 bits per heavy atom. The second-order valence-corrected chi connectivity index (χ2v) is 11.8. The number of ether oxygens (including phenoxy) is 1. The Balaban J connectivity index is 2.02. The first kappa shape index (κ1) is 19.9. The fourth-order valence-corrected chi connectivity index (χ4v) is 6.75. The van der Waals surface area contributed by atoms with Gasteiger partial charge in [-0.15, -0.1) is 0 Å². The van der Waals surface area contributed by atoms with Crippen molar-refractivity contribution in [1.29, 1.82) is 0 Å². The summed E-state index contributed by atoms with van der Waals surface area (Å²) < 4.78 is 12.1. The van der Waals surface area contributed by atoms with E-state index in [0.717, 1.165) is 36.5 Å². The van der Waals surface area contributed by atoms with Gasteiger partial charge in [-0.3, -0.25) is 0 Å². The summed E-state index contributed by atoms with van der Waals surface area (Å²) >= 11 is 0. The third kappa shape index (κ3) is 4.62. The first-order valence-corrected chi connectivity index (χ1v) is 12.1. The van der Waals surface area contributed by atoms with Crippen molar-refractivity contribution in [2.75, 3.05) is 0 Å². The van der Waals surface area contributed by atoms with Gasteiger partial charge in [-0.05, 0) is 43.5 Å². The van der Waals surface area contributed by atoms with Gasteiger partial charge in [0.25, 0.3) is 0 Å². The molecule has 0 N–H and O–H groups in total. The molecule has 1 aromatic carbocycles. The molecule has 0 aromatic heterocycles. The van der Waals surface area contributed by atoms with Gasteiger partial charge in [-0.1, -0.05) is 57.7 Å². The van der Waals surface area contributed by atoms with Crippen LogP contribution in [-0.2, 0) is 14.0 Å².